The molecule has 116 valence electrons. The summed E-state index contributed by atoms with van der Waals surface area (Å²) in [7, 11) is 1.81. The highest BCUT2D eigenvalue weighted by atomic mass is 19.1. The molecule has 1 saturated heterocycles. The van der Waals surface area contributed by atoms with Crippen molar-refractivity contribution in [3.8, 4) is 0 Å². The van der Waals surface area contributed by atoms with Gasteiger partial charge < -0.3 is 14.2 Å². The Bertz CT molecular complexity index is 662. The van der Waals surface area contributed by atoms with Crippen LogP contribution in [0.5, 0.6) is 0 Å². The number of rotatable bonds is 2. The number of carbonyl (C=O) groups is 1. The van der Waals surface area contributed by atoms with Crippen molar-refractivity contribution in [1.82, 2.24) is 14.5 Å². The molecule has 6 heteroatoms. The number of hydrogen-bond acceptors (Lipinski definition) is 3. The van der Waals surface area contributed by atoms with Crippen LogP contribution in [0.4, 0.5) is 4.39 Å². The molecule has 0 radical (unpaired) electrons. The molecule has 0 N–H and O–H groups in total. The summed E-state index contributed by atoms with van der Waals surface area (Å²) in [6, 6.07) is 6.21. The lowest BCUT2D eigenvalue weighted by molar-refractivity contribution is -0.0231. The van der Waals surface area contributed by atoms with E-state index in [9.17, 15) is 9.18 Å². The fourth-order valence-electron chi connectivity index (χ4n) is 2.72. The summed E-state index contributed by atoms with van der Waals surface area (Å²) in [5.74, 6) is -0.328. The van der Waals surface area contributed by atoms with Gasteiger partial charge >= 0.3 is 0 Å². The highest BCUT2D eigenvalue weighted by Gasteiger charge is 2.28. The minimum atomic E-state index is -0.280. The number of benzene rings is 1. The Hall–Kier alpha value is -2.21. The van der Waals surface area contributed by atoms with Gasteiger partial charge in [0.15, 0.2) is 0 Å². The Balaban J connectivity index is 1.78. The van der Waals surface area contributed by atoms with Gasteiger partial charge in [0.25, 0.3) is 5.91 Å². The molecule has 1 aromatic carbocycles. The van der Waals surface area contributed by atoms with Crippen LogP contribution in [0.25, 0.3) is 0 Å². The zero-order valence-electron chi connectivity index (χ0n) is 12.6. The van der Waals surface area contributed by atoms with E-state index >= 15 is 0 Å². The van der Waals surface area contributed by atoms with E-state index in [1.807, 2.05) is 14.0 Å². The summed E-state index contributed by atoms with van der Waals surface area (Å²) in [6.07, 6.45) is 1.41. The van der Waals surface area contributed by atoms with Gasteiger partial charge in [-0.3, -0.25) is 4.79 Å². The second-order valence-electron chi connectivity index (χ2n) is 5.45. The largest absolute Gasteiger partial charge is 0.370 e. The number of aryl methyl sites for hydroxylation is 2. The van der Waals surface area contributed by atoms with Crippen molar-refractivity contribution >= 4 is 5.91 Å². The first-order valence-electron chi connectivity index (χ1n) is 7.20. The SMILES string of the molecule is Cc1ncn(C)c1C(=O)N1CCOC(c2ccc(F)cc2)C1. The van der Waals surface area contributed by atoms with Crippen molar-refractivity contribution in [3.05, 3.63) is 53.4 Å². The molecule has 0 spiro atoms. The molecule has 1 amide bonds. The number of nitrogens with zero attached hydrogens (tertiary/aromatic N) is 3. The maximum absolute atomic E-state index is 13.0. The molecule has 5 nitrogen and oxygen atoms in total. The summed E-state index contributed by atoms with van der Waals surface area (Å²) in [5.41, 5.74) is 2.19. The van der Waals surface area contributed by atoms with Gasteiger partial charge in [-0.15, -0.1) is 0 Å². The molecule has 1 unspecified atom stereocenters. The van der Waals surface area contributed by atoms with E-state index in [0.717, 1.165) is 11.3 Å². The summed E-state index contributed by atoms with van der Waals surface area (Å²) in [6.45, 7) is 3.28. The van der Waals surface area contributed by atoms with Crippen LogP contribution in [0.15, 0.2) is 30.6 Å². The van der Waals surface area contributed by atoms with E-state index in [-0.39, 0.29) is 17.8 Å². The van der Waals surface area contributed by atoms with E-state index < -0.39 is 0 Å². The maximum atomic E-state index is 13.0. The molecule has 1 fully saturated rings. The molecule has 2 heterocycles. The van der Waals surface area contributed by atoms with E-state index in [4.69, 9.17) is 4.74 Å². The van der Waals surface area contributed by atoms with Crippen LogP contribution in [-0.2, 0) is 11.8 Å². The Labute approximate surface area is 128 Å². The number of carbonyl (C=O) groups excluding carboxylic acids is 1. The van der Waals surface area contributed by atoms with Crippen molar-refractivity contribution in [3.63, 3.8) is 0 Å². The Morgan fingerprint density at radius 2 is 2.09 bits per heavy atom. The number of imidazole rings is 1. The van der Waals surface area contributed by atoms with Crippen LogP contribution in [0.1, 0.15) is 27.8 Å². The average molecular weight is 303 g/mol. The van der Waals surface area contributed by atoms with Crippen molar-refractivity contribution in [2.75, 3.05) is 19.7 Å². The molecule has 22 heavy (non-hydrogen) atoms. The second-order valence-corrected chi connectivity index (χ2v) is 5.45. The summed E-state index contributed by atoms with van der Waals surface area (Å²) in [4.78, 5) is 18.6. The molecule has 1 aromatic heterocycles. The van der Waals surface area contributed by atoms with E-state index in [2.05, 4.69) is 4.98 Å². The number of halogens is 1. The molecular formula is C16H18FN3O2. The number of amides is 1. The zero-order valence-corrected chi connectivity index (χ0v) is 12.6. The van der Waals surface area contributed by atoms with E-state index in [0.29, 0.717) is 25.4 Å². The van der Waals surface area contributed by atoms with Gasteiger partial charge in [0, 0.05) is 13.6 Å². The quantitative estimate of drug-likeness (QED) is 0.853. The Kier molecular flexibility index (Phi) is 3.94. The fraction of sp³-hybridized carbons (Fsp3) is 0.375. The number of ether oxygens (including phenoxy) is 1. The summed E-state index contributed by atoms with van der Waals surface area (Å²) < 4.78 is 20.5. The molecule has 3 rings (SSSR count). The first-order chi connectivity index (χ1) is 10.6. The van der Waals surface area contributed by atoms with Gasteiger partial charge in [-0.05, 0) is 24.6 Å². The number of morpholine rings is 1. The molecule has 0 saturated carbocycles. The highest BCUT2D eigenvalue weighted by Crippen LogP contribution is 2.24. The van der Waals surface area contributed by atoms with Gasteiger partial charge in [0.2, 0.25) is 0 Å². The van der Waals surface area contributed by atoms with E-state index in [1.165, 1.54) is 12.1 Å². The molecule has 2 aromatic rings. The van der Waals surface area contributed by atoms with E-state index in [1.54, 1.807) is 27.9 Å². The molecule has 0 bridgehead atoms. The summed E-state index contributed by atoms with van der Waals surface area (Å²) in [5, 5.41) is 0. The third-order valence-corrected chi connectivity index (χ3v) is 3.92. The normalized spacial score (nSPS) is 18.5. The fourth-order valence-corrected chi connectivity index (χ4v) is 2.72. The topological polar surface area (TPSA) is 47.4 Å². The third-order valence-electron chi connectivity index (χ3n) is 3.92. The van der Waals surface area contributed by atoms with Crippen molar-refractivity contribution in [1.29, 1.82) is 0 Å². The van der Waals surface area contributed by atoms with Crippen LogP contribution in [0, 0.1) is 12.7 Å². The summed E-state index contributed by atoms with van der Waals surface area (Å²) >= 11 is 0. The van der Waals surface area contributed by atoms with Gasteiger partial charge in [0.1, 0.15) is 17.6 Å². The second kappa shape index (κ2) is 5.88. The molecule has 1 atom stereocenters. The van der Waals surface area contributed by atoms with Crippen molar-refractivity contribution < 1.29 is 13.9 Å². The smallest absolute Gasteiger partial charge is 0.272 e. The first kappa shape index (κ1) is 14.7. The van der Waals surface area contributed by atoms with Crippen molar-refractivity contribution in [2.45, 2.75) is 13.0 Å². The van der Waals surface area contributed by atoms with Gasteiger partial charge in [-0.25, -0.2) is 9.37 Å². The minimum Gasteiger partial charge on any atom is -0.370 e. The lowest BCUT2D eigenvalue weighted by atomic mass is 10.1. The highest BCUT2D eigenvalue weighted by molar-refractivity contribution is 5.93. The minimum absolute atomic E-state index is 0.0482. The van der Waals surface area contributed by atoms with Gasteiger partial charge in [-0.2, -0.15) is 0 Å². The van der Waals surface area contributed by atoms with Gasteiger partial charge in [-0.1, -0.05) is 12.1 Å². The van der Waals surface area contributed by atoms with Crippen molar-refractivity contribution in [2.24, 2.45) is 7.05 Å². The molecule has 1 aliphatic rings. The zero-order chi connectivity index (χ0) is 15.7. The molecule has 0 aliphatic carbocycles. The molecular weight excluding hydrogens is 285 g/mol. The first-order valence-corrected chi connectivity index (χ1v) is 7.20. The third kappa shape index (κ3) is 2.74. The van der Waals surface area contributed by atoms with Crippen LogP contribution in [0.3, 0.4) is 0 Å². The van der Waals surface area contributed by atoms with Crippen LogP contribution >= 0.6 is 0 Å². The standard InChI is InChI=1S/C16H18FN3O2/c1-11-15(19(2)10-18-11)16(21)20-7-8-22-14(9-20)12-3-5-13(17)6-4-12/h3-6,10,14H,7-9H2,1-2H3. The van der Waals surface area contributed by atoms with Crippen LogP contribution in [-0.4, -0.2) is 40.1 Å². The van der Waals surface area contributed by atoms with Crippen LogP contribution in [0.2, 0.25) is 0 Å². The monoisotopic (exact) mass is 303 g/mol. The number of aromatic nitrogens is 2. The predicted molar refractivity (Wildman–Crippen MR) is 78.9 cm³/mol. The average Bonchev–Trinajstić information content (AvgIpc) is 2.86. The Morgan fingerprint density at radius 1 is 1.36 bits per heavy atom. The lowest BCUT2D eigenvalue weighted by Crippen LogP contribution is -2.43. The van der Waals surface area contributed by atoms with Gasteiger partial charge in [0.05, 0.1) is 25.2 Å². The predicted octanol–water partition coefficient (Wildman–Crippen LogP) is 2.08. The van der Waals surface area contributed by atoms with Crippen LogP contribution < -0.4 is 0 Å². The lowest BCUT2D eigenvalue weighted by Gasteiger charge is -2.33. The Morgan fingerprint density at radius 3 is 2.73 bits per heavy atom. The maximum Gasteiger partial charge on any atom is 0.272 e. The molecule has 1 aliphatic heterocycles. The number of hydrogen-bond donors (Lipinski definition) is 0.